The lowest BCUT2D eigenvalue weighted by Crippen LogP contribution is -2.55. The molecule has 7 aromatic carbocycles. The third kappa shape index (κ3) is 4.90. The molecule has 0 spiro atoms. The summed E-state index contributed by atoms with van der Waals surface area (Å²) < 4.78 is 6.38. The van der Waals surface area contributed by atoms with Gasteiger partial charge in [0.2, 0.25) is 0 Å². The Bertz CT molecular complexity index is 2670. The van der Waals surface area contributed by atoms with E-state index >= 15 is 0 Å². The first kappa shape index (κ1) is 32.4. The molecule has 8 aromatic rings. The van der Waals surface area contributed by atoms with E-state index in [-0.39, 0.29) is 38.2 Å². The van der Waals surface area contributed by atoms with Crippen molar-refractivity contribution in [2.75, 3.05) is 0 Å². The fourth-order valence-electron chi connectivity index (χ4n) is 7.07. The Labute approximate surface area is 303 Å². The van der Waals surface area contributed by atoms with Gasteiger partial charge in [-0.05, 0) is 79.2 Å². The number of benzene rings is 7. The topological polar surface area (TPSA) is 13.1 Å². The summed E-state index contributed by atoms with van der Waals surface area (Å²) >= 11 is 0. The van der Waals surface area contributed by atoms with Gasteiger partial charge in [0.15, 0.2) is 0 Å². The Hall–Kier alpha value is -4.82. The molecule has 8 rings (SSSR count). The molecule has 0 aliphatic carbocycles. The largest absolute Gasteiger partial charge is 0.456 e. The molecule has 0 aliphatic heterocycles. The third-order valence-corrected chi connectivity index (χ3v) is 9.63. The molecule has 0 saturated carbocycles. The number of rotatable bonds is 4. The van der Waals surface area contributed by atoms with E-state index in [2.05, 4.69) is 30.3 Å². The van der Waals surface area contributed by atoms with Gasteiger partial charge in [-0.2, -0.15) is 0 Å². The van der Waals surface area contributed by atoms with Gasteiger partial charge in [0, 0.05) is 10.9 Å². The first-order valence-electron chi connectivity index (χ1n) is 15.9. The van der Waals surface area contributed by atoms with Crippen LogP contribution in [0.5, 0.6) is 0 Å². The van der Waals surface area contributed by atoms with Gasteiger partial charge in [-0.1, -0.05) is 101 Å². The van der Waals surface area contributed by atoms with Gasteiger partial charge in [0.25, 0.3) is 0 Å². The van der Waals surface area contributed by atoms with Crippen molar-refractivity contribution in [2.24, 2.45) is 0 Å². The van der Waals surface area contributed by atoms with Crippen LogP contribution < -0.4 is 49.2 Å². The highest BCUT2D eigenvalue weighted by Crippen LogP contribution is 2.43. The quantitative estimate of drug-likeness (QED) is 0.210. The summed E-state index contributed by atoms with van der Waals surface area (Å²) in [7, 11) is 57.7. The normalized spacial score (nSPS) is 11.5. The van der Waals surface area contributed by atoms with Crippen molar-refractivity contribution < 1.29 is 4.42 Å². The molecule has 0 amide bonds. The van der Waals surface area contributed by atoms with Crippen LogP contribution in [-0.2, 0) is 0 Å². The summed E-state index contributed by atoms with van der Waals surface area (Å²) in [5.41, 5.74) is 8.81. The first-order chi connectivity index (χ1) is 24.1. The van der Waals surface area contributed by atoms with E-state index in [1.54, 1.807) is 0 Å². The van der Waals surface area contributed by atoms with Gasteiger partial charge in [-0.3, -0.25) is 0 Å². The molecule has 0 saturated heterocycles. The monoisotopic (exact) mass is 612 g/mol. The van der Waals surface area contributed by atoms with E-state index in [1.165, 1.54) is 0 Å². The van der Waals surface area contributed by atoms with E-state index in [0.717, 1.165) is 60.3 Å². The SMILES string of the molecule is [B]c1c([B])c([B])c(-c2cccc(-c3cc4cc(-c5c6ccccc6c(-c6ccccc6)c6c([B])c([B])c([B])c([B])c56)ccc4o3)c2)c([B])c1[B]. The molecule has 210 valence electrons. The van der Waals surface area contributed by atoms with Gasteiger partial charge >= 0.3 is 0 Å². The third-order valence-electron chi connectivity index (χ3n) is 9.63. The standard InChI is InChI=1S/C40H17B9O/c41-32-29(33(42)37(46)40(49)36(32)45)20-10-6-9-19(15-20)26-17-22-16-21(13-14-25(22)50-26)28-24-12-5-4-11-23(24)27(18-7-2-1-3-8-18)30-31(28)35(44)39(48)38(47)34(30)43/h1-17H. The minimum atomic E-state index is 0.166. The van der Waals surface area contributed by atoms with Crippen LogP contribution in [0.15, 0.2) is 108 Å². The lowest BCUT2D eigenvalue weighted by Gasteiger charge is -2.24. The van der Waals surface area contributed by atoms with Crippen LogP contribution in [0.1, 0.15) is 0 Å². The zero-order valence-electron chi connectivity index (χ0n) is 26.9. The van der Waals surface area contributed by atoms with Crippen LogP contribution in [-0.4, -0.2) is 70.6 Å². The highest BCUT2D eigenvalue weighted by Gasteiger charge is 2.22. The van der Waals surface area contributed by atoms with E-state index in [1.807, 2.05) is 72.8 Å². The van der Waals surface area contributed by atoms with E-state index in [0.29, 0.717) is 27.8 Å². The van der Waals surface area contributed by atoms with Crippen molar-refractivity contribution >= 4 is 152 Å². The van der Waals surface area contributed by atoms with E-state index in [4.69, 9.17) is 75.0 Å². The van der Waals surface area contributed by atoms with Crippen LogP contribution in [0.4, 0.5) is 0 Å². The van der Waals surface area contributed by atoms with Gasteiger partial charge in [0.05, 0.1) is 0 Å². The zero-order valence-corrected chi connectivity index (χ0v) is 26.9. The summed E-state index contributed by atoms with van der Waals surface area (Å²) in [4.78, 5) is 0. The molecular weight excluding hydrogens is 594 g/mol. The maximum Gasteiger partial charge on any atom is 0.135 e. The molecule has 1 heterocycles. The van der Waals surface area contributed by atoms with Crippen molar-refractivity contribution in [1.29, 1.82) is 0 Å². The predicted molar refractivity (Wildman–Crippen MR) is 221 cm³/mol. The number of hydrogen-bond acceptors (Lipinski definition) is 1. The van der Waals surface area contributed by atoms with Gasteiger partial charge in [-0.25, -0.2) is 0 Å². The van der Waals surface area contributed by atoms with Crippen LogP contribution in [0, 0.1) is 0 Å². The van der Waals surface area contributed by atoms with Crippen molar-refractivity contribution in [3.63, 3.8) is 0 Å². The Balaban J connectivity index is 1.35. The molecule has 18 radical (unpaired) electrons. The molecule has 0 fully saturated rings. The van der Waals surface area contributed by atoms with Crippen molar-refractivity contribution in [1.82, 2.24) is 0 Å². The lowest BCUT2D eigenvalue weighted by atomic mass is 9.59. The predicted octanol–water partition coefficient (Wildman–Crippen LogP) is 0.551. The summed E-state index contributed by atoms with van der Waals surface area (Å²) in [6.07, 6.45) is 0. The number of furan rings is 1. The first-order valence-corrected chi connectivity index (χ1v) is 15.9. The Morgan fingerprint density at radius 2 is 0.820 bits per heavy atom. The smallest absolute Gasteiger partial charge is 0.135 e. The average Bonchev–Trinajstić information content (AvgIpc) is 3.58. The molecule has 10 heteroatoms. The molecule has 50 heavy (non-hydrogen) atoms. The minimum Gasteiger partial charge on any atom is -0.456 e. The Kier molecular flexibility index (Phi) is 7.90. The lowest BCUT2D eigenvalue weighted by molar-refractivity contribution is 0.631. The average molecular weight is 611 g/mol. The zero-order chi connectivity index (χ0) is 35.0. The second kappa shape index (κ2) is 12.2. The Morgan fingerprint density at radius 1 is 0.340 bits per heavy atom. The van der Waals surface area contributed by atoms with Crippen molar-refractivity contribution in [3.05, 3.63) is 103 Å². The maximum absolute atomic E-state index is 6.85. The molecule has 1 aromatic heterocycles. The molecule has 0 N–H and O–H groups in total. The number of fused-ring (bicyclic) bond motifs is 3. The molecule has 0 atom stereocenters. The van der Waals surface area contributed by atoms with E-state index in [9.17, 15) is 0 Å². The fourth-order valence-corrected chi connectivity index (χ4v) is 7.07. The van der Waals surface area contributed by atoms with Gasteiger partial charge in [0.1, 0.15) is 82.0 Å². The van der Waals surface area contributed by atoms with Crippen molar-refractivity contribution in [2.45, 2.75) is 0 Å². The maximum atomic E-state index is 6.85. The van der Waals surface area contributed by atoms with Crippen LogP contribution in [0.2, 0.25) is 0 Å². The Morgan fingerprint density at radius 3 is 1.44 bits per heavy atom. The van der Waals surface area contributed by atoms with E-state index < -0.39 is 0 Å². The van der Waals surface area contributed by atoms with Crippen molar-refractivity contribution in [3.8, 4) is 44.7 Å². The van der Waals surface area contributed by atoms with Crippen LogP contribution in [0.3, 0.4) is 0 Å². The molecule has 0 unspecified atom stereocenters. The molecule has 0 bridgehead atoms. The summed E-state index contributed by atoms with van der Waals surface area (Å²) in [6, 6.07) is 33.9. The van der Waals surface area contributed by atoms with Crippen LogP contribution in [0.25, 0.3) is 77.2 Å². The highest BCUT2D eigenvalue weighted by molar-refractivity contribution is 6.69. The van der Waals surface area contributed by atoms with Crippen LogP contribution >= 0.6 is 0 Å². The molecular formula is C40H17B9O. The molecule has 1 nitrogen and oxygen atoms in total. The number of hydrogen-bond donors (Lipinski definition) is 0. The highest BCUT2D eigenvalue weighted by atomic mass is 16.3. The minimum absolute atomic E-state index is 0.166. The summed E-state index contributed by atoms with van der Waals surface area (Å²) in [5, 5.41) is 4.36. The molecule has 0 aliphatic rings. The summed E-state index contributed by atoms with van der Waals surface area (Å²) in [5.74, 6) is 0.641. The van der Waals surface area contributed by atoms with Gasteiger partial charge < -0.3 is 4.42 Å². The summed E-state index contributed by atoms with van der Waals surface area (Å²) in [6.45, 7) is 0. The second-order valence-electron chi connectivity index (χ2n) is 12.5. The fraction of sp³-hybridized carbons (Fsp3) is 0. The second-order valence-corrected chi connectivity index (χ2v) is 12.5. The van der Waals surface area contributed by atoms with Gasteiger partial charge in [-0.15, -0.1) is 27.3 Å².